The summed E-state index contributed by atoms with van der Waals surface area (Å²) < 4.78 is 32.3. The number of carbonyl (C=O) groups is 2. The maximum Gasteiger partial charge on any atom is 0.305 e. The molecule has 0 spiro atoms. The molecule has 31 heavy (non-hydrogen) atoms. The van der Waals surface area contributed by atoms with Crippen LogP contribution in [0.2, 0.25) is 0 Å². The number of hydrogen-bond donors (Lipinski definition) is 1. The Morgan fingerprint density at radius 2 is 1.77 bits per heavy atom. The standard InChI is InChI=1S/C23H34N2O5S/c1-30-22(26)9-3-2-6-14-24-23(27)19-12-15-25(16-13-19)31(28,29)21-11-10-18-7-4-5-8-20(18)17-21/h10-11,17,19H,2-9,12-16H2,1H3,(H,24,27). The number of rotatable bonds is 9. The number of hydrogen-bond acceptors (Lipinski definition) is 5. The van der Waals surface area contributed by atoms with Gasteiger partial charge in [-0.1, -0.05) is 12.5 Å². The average molecular weight is 451 g/mol. The van der Waals surface area contributed by atoms with E-state index in [9.17, 15) is 18.0 Å². The average Bonchev–Trinajstić information content (AvgIpc) is 2.80. The van der Waals surface area contributed by atoms with Gasteiger partial charge < -0.3 is 10.1 Å². The molecule has 1 fully saturated rings. The number of fused-ring (bicyclic) bond motifs is 1. The lowest BCUT2D eigenvalue weighted by Gasteiger charge is -2.31. The van der Waals surface area contributed by atoms with Gasteiger partial charge in [0.2, 0.25) is 15.9 Å². The first-order valence-electron chi connectivity index (χ1n) is 11.4. The van der Waals surface area contributed by atoms with E-state index in [1.165, 1.54) is 23.4 Å². The maximum atomic E-state index is 13.1. The third kappa shape index (κ3) is 6.29. The molecular formula is C23H34N2O5S. The molecule has 1 aromatic rings. The smallest absolute Gasteiger partial charge is 0.305 e. The van der Waals surface area contributed by atoms with E-state index in [-0.39, 0.29) is 17.8 Å². The molecule has 7 nitrogen and oxygen atoms in total. The van der Waals surface area contributed by atoms with Gasteiger partial charge >= 0.3 is 5.97 Å². The van der Waals surface area contributed by atoms with Gasteiger partial charge in [-0.15, -0.1) is 0 Å². The first-order chi connectivity index (χ1) is 14.9. The lowest BCUT2D eigenvalue weighted by atomic mass is 9.92. The second kappa shape index (κ2) is 11.1. The van der Waals surface area contributed by atoms with Crippen LogP contribution < -0.4 is 5.32 Å². The fourth-order valence-corrected chi connectivity index (χ4v) is 5.93. The Bertz CT molecular complexity index is 876. The highest BCUT2D eigenvalue weighted by molar-refractivity contribution is 7.89. The van der Waals surface area contributed by atoms with Gasteiger partial charge in [0.05, 0.1) is 12.0 Å². The van der Waals surface area contributed by atoms with Crippen LogP contribution in [0.5, 0.6) is 0 Å². The molecule has 2 aliphatic rings. The van der Waals surface area contributed by atoms with Crippen LogP contribution >= 0.6 is 0 Å². The quantitative estimate of drug-likeness (QED) is 0.461. The molecule has 1 aliphatic carbocycles. The molecule has 1 aromatic carbocycles. The fourth-order valence-electron chi connectivity index (χ4n) is 4.41. The number of piperidine rings is 1. The first-order valence-corrected chi connectivity index (χ1v) is 12.8. The number of ether oxygens (including phenoxy) is 1. The van der Waals surface area contributed by atoms with Crippen molar-refractivity contribution in [2.45, 2.75) is 69.1 Å². The monoisotopic (exact) mass is 450 g/mol. The molecule has 0 atom stereocenters. The van der Waals surface area contributed by atoms with Crippen molar-refractivity contribution < 1.29 is 22.7 Å². The van der Waals surface area contributed by atoms with Gasteiger partial charge in [0.1, 0.15) is 0 Å². The lowest BCUT2D eigenvalue weighted by molar-refractivity contribution is -0.140. The van der Waals surface area contributed by atoms with E-state index in [2.05, 4.69) is 10.1 Å². The number of nitrogens with zero attached hydrogens (tertiary/aromatic N) is 1. The van der Waals surface area contributed by atoms with Crippen LogP contribution in [-0.2, 0) is 37.2 Å². The van der Waals surface area contributed by atoms with Crippen molar-refractivity contribution in [1.82, 2.24) is 9.62 Å². The number of nitrogens with one attached hydrogen (secondary N) is 1. The van der Waals surface area contributed by atoms with Crippen molar-refractivity contribution in [3.63, 3.8) is 0 Å². The molecule has 0 aromatic heterocycles. The van der Waals surface area contributed by atoms with Crippen molar-refractivity contribution in [2.75, 3.05) is 26.7 Å². The van der Waals surface area contributed by atoms with Gasteiger partial charge in [-0.25, -0.2) is 8.42 Å². The molecule has 0 radical (unpaired) electrons. The Balaban J connectivity index is 1.43. The Hall–Kier alpha value is -1.93. The number of aryl methyl sites for hydroxylation is 2. The summed E-state index contributed by atoms with van der Waals surface area (Å²) in [6, 6.07) is 5.55. The van der Waals surface area contributed by atoms with E-state index >= 15 is 0 Å². The van der Waals surface area contributed by atoms with Gasteiger partial charge in [0.25, 0.3) is 0 Å². The van der Waals surface area contributed by atoms with Crippen LogP contribution in [0.25, 0.3) is 0 Å². The molecule has 1 heterocycles. The minimum Gasteiger partial charge on any atom is -0.469 e. The van der Waals surface area contributed by atoms with Crippen LogP contribution in [0.3, 0.4) is 0 Å². The van der Waals surface area contributed by atoms with Gasteiger partial charge in [-0.05, 0) is 74.6 Å². The number of benzene rings is 1. The SMILES string of the molecule is COC(=O)CCCCCNC(=O)C1CCN(S(=O)(=O)c2ccc3c(c2)CCCC3)CC1. The van der Waals surface area contributed by atoms with Crippen LogP contribution in [-0.4, -0.2) is 51.3 Å². The Morgan fingerprint density at radius 1 is 1.06 bits per heavy atom. The molecule has 3 rings (SSSR count). The largest absolute Gasteiger partial charge is 0.469 e. The number of unbranched alkanes of at least 4 members (excludes halogenated alkanes) is 2. The number of amides is 1. The van der Waals surface area contributed by atoms with Crippen molar-refractivity contribution in [3.05, 3.63) is 29.3 Å². The zero-order chi connectivity index (χ0) is 22.3. The fraction of sp³-hybridized carbons (Fsp3) is 0.652. The molecule has 0 saturated carbocycles. The van der Waals surface area contributed by atoms with Crippen LogP contribution in [0.15, 0.2) is 23.1 Å². The lowest BCUT2D eigenvalue weighted by Crippen LogP contribution is -2.43. The highest BCUT2D eigenvalue weighted by Gasteiger charge is 2.32. The third-order valence-corrected chi connectivity index (χ3v) is 8.26. The van der Waals surface area contributed by atoms with Gasteiger partial charge in [0.15, 0.2) is 0 Å². The summed E-state index contributed by atoms with van der Waals surface area (Å²) >= 11 is 0. The minimum absolute atomic E-state index is 0.00111. The molecule has 1 aliphatic heterocycles. The molecule has 1 N–H and O–H groups in total. The van der Waals surface area contributed by atoms with Crippen LogP contribution in [0, 0.1) is 5.92 Å². The Kier molecular flexibility index (Phi) is 8.49. The highest BCUT2D eigenvalue weighted by Crippen LogP contribution is 2.28. The van der Waals surface area contributed by atoms with Gasteiger partial charge in [-0.3, -0.25) is 9.59 Å². The first kappa shape index (κ1) is 23.7. The minimum atomic E-state index is -3.52. The molecule has 0 bridgehead atoms. The normalized spacial score (nSPS) is 17.7. The second-order valence-electron chi connectivity index (χ2n) is 8.49. The van der Waals surface area contributed by atoms with E-state index < -0.39 is 10.0 Å². The van der Waals surface area contributed by atoms with Crippen molar-refractivity contribution >= 4 is 21.9 Å². The van der Waals surface area contributed by atoms with E-state index in [1.807, 2.05) is 12.1 Å². The molecular weight excluding hydrogens is 416 g/mol. The van der Waals surface area contributed by atoms with E-state index in [0.29, 0.717) is 43.8 Å². The summed E-state index contributed by atoms with van der Waals surface area (Å²) in [4.78, 5) is 23.9. The Morgan fingerprint density at radius 3 is 2.48 bits per heavy atom. The summed E-state index contributed by atoms with van der Waals surface area (Å²) in [5.74, 6) is -0.356. The maximum absolute atomic E-state index is 13.1. The van der Waals surface area contributed by atoms with Crippen molar-refractivity contribution in [2.24, 2.45) is 5.92 Å². The molecule has 8 heteroatoms. The van der Waals surface area contributed by atoms with E-state index in [0.717, 1.165) is 44.1 Å². The molecule has 1 amide bonds. The number of methoxy groups -OCH3 is 1. The topological polar surface area (TPSA) is 92.8 Å². The predicted octanol–water partition coefficient (Wildman–Crippen LogP) is 2.82. The van der Waals surface area contributed by atoms with E-state index in [4.69, 9.17) is 0 Å². The summed E-state index contributed by atoms with van der Waals surface area (Å²) in [5.41, 5.74) is 2.43. The summed E-state index contributed by atoms with van der Waals surface area (Å²) in [6.07, 6.45) is 8.16. The number of esters is 1. The Labute approximate surface area is 185 Å². The summed E-state index contributed by atoms with van der Waals surface area (Å²) in [7, 11) is -2.14. The molecule has 1 saturated heterocycles. The molecule has 172 valence electrons. The van der Waals surface area contributed by atoms with Crippen LogP contribution in [0.4, 0.5) is 0 Å². The summed E-state index contributed by atoms with van der Waals surface area (Å²) in [6.45, 7) is 1.32. The number of carbonyl (C=O) groups excluding carboxylic acids is 2. The van der Waals surface area contributed by atoms with Crippen molar-refractivity contribution in [3.8, 4) is 0 Å². The van der Waals surface area contributed by atoms with E-state index in [1.54, 1.807) is 6.07 Å². The summed E-state index contributed by atoms with van der Waals surface area (Å²) in [5, 5.41) is 2.95. The third-order valence-electron chi connectivity index (χ3n) is 6.37. The van der Waals surface area contributed by atoms with Crippen molar-refractivity contribution in [1.29, 1.82) is 0 Å². The van der Waals surface area contributed by atoms with Gasteiger partial charge in [0, 0.05) is 32.0 Å². The molecule has 0 unspecified atom stereocenters. The highest BCUT2D eigenvalue weighted by atomic mass is 32.2. The predicted molar refractivity (Wildman–Crippen MR) is 118 cm³/mol. The zero-order valence-corrected chi connectivity index (χ0v) is 19.2. The second-order valence-corrected chi connectivity index (χ2v) is 10.4. The number of sulfonamides is 1. The van der Waals surface area contributed by atoms with Gasteiger partial charge in [-0.2, -0.15) is 4.31 Å². The zero-order valence-electron chi connectivity index (χ0n) is 18.4. The van der Waals surface area contributed by atoms with Crippen LogP contribution in [0.1, 0.15) is 62.5 Å².